The largest absolute Gasteiger partial charge is 0.345 e. The number of para-hydroxylation sites is 1. The van der Waals surface area contributed by atoms with Gasteiger partial charge in [-0.25, -0.2) is 0 Å². The van der Waals surface area contributed by atoms with Crippen molar-refractivity contribution in [3.05, 3.63) is 132 Å². The molecule has 152 valence electrons. The van der Waals surface area contributed by atoms with E-state index in [2.05, 4.69) is 101 Å². The Bertz CT molecular complexity index is 1100. The maximum atomic E-state index is 4.91. The Labute approximate surface area is 183 Å². The van der Waals surface area contributed by atoms with Crippen LogP contribution in [0.15, 0.2) is 114 Å². The highest BCUT2D eigenvalue weighted by Gasteiger charge is 2.26. The molecule has 4 aromatic rings. The van der Waals surface area contributed by atoms with Crippen molar-refractivity contribution in [3.8, 4) is 0 Å². The first-order valence-corrected chi connectivity index (χ1v) is 10.8. The summed E-state index contributed by atoms with van der Waals surface area (Å²) in [6.45, 7) is 0.891. The molecule has 1 atom stereocenters. The van der Waals surface area contributed by atoms with E-state index in [0.717, 1.165) is 18.5 Å². The first-order chi connectivity index (χ1) is 15.4. The summed E-state index contributed by atoms with van der Waals surface area (Å²) in [6, 6.07) is 34.2. The molecule has 0 aliphatic carbocycles. The van der Waals surface area contributed by atoms with Gasteiger partial charge in [0.2, 0.25) is 0 Å². The predicted octanol–water partition coefficient (Wildman–Crippen LogP) is 6.24. The first kappa shape index (κ1) is 19.3. The van der Waals surface area contributed by atoms with E-state index in [9.17, 15) is 0 Å². The lowest BCUT2D eigenvalue weighted by Crippen LogP contribution is -2.33. The second kappa shape index (κ2) is 8.97. The van der Waals surface area contributed by atoms with Crippen LogP contribution in [0, 0.1) is 0 Å². The van der Waals surface area contributed by atoms with Crippen molar-refractivity contribution in [1.82, 2.24) is 4.98 Å². The zero-order valence-electron chi connectivity index (χ0n) is 17.4. The lowest BCUT2D eigenvalue weighted by molar-refractivity contribution is 0.595. The molecule has 0 N–H and O–H groups in total. The van der Waals surface area contributed by atoms with Gasteiger partial charge in [0.05, 0.1) is 0 Å². The van der Waals surface area contributed by atoms with Crippen LogP contribution in [0.4, 0.5) is 5.69 Å². The van der Waals surface area contributed by atoms with Gasteiger partial charge in [-0.05, 0) is 29.7 Å². The second-order valence-electron chi connectivity index (χ2n) is 7.85. The third kappa shape index (κ3) is 4.13. The van der Waals surface area contributed by atoms with Gasteiger partial charge in [-0.3, -0.25) is 9.98 Å². The number of aromatic nitrogens is 1. The molecular formula is C28H25N3. The average molecular weight is 404 g/mol. The van der Waals surface area contributed by atoms with Gasteiger partial charge in [-0.15, -0.1) is 0 Å². The highest BCUT2D eigenvalue weighted by atomic mass is 15.3. The monoisotopic (exact) mass is 403 g/mol. The number of fused-ring (bicyclic) bond motifs is 1. The third-order valence-corrected chi connectivity index (χ3v) is 5.94. The van der Waals surface area contributed by atoms with Crippen molar-refractivity contribution >= 4 is 11.9 Å². The van der Waals surface area contributed by atoms with Crippen molar-refractivity contribution in [2.24, 2.45) is 4.99 Å². The number of hydrogen-bond donors (Lipinski definition) is 0. The summed E-state index contributed by atoms with van der Waals surface area (Å²) in [5.41, 5.74) is 6.20. The Morgan fingerprint density at radius 2 is 1.42 bits per heavy atom. The van der Waals surface area contributed by atoms with Crippen LogP contribution < -0.4 is 4.90 Å². The lowest BCUT2D eigenvalue weighted by Gasteiger charge is -2.36. The summed E-state index contributed by atoms with van der Waals surface area (Å²) in [5, 5.41) is 0. The maximum Gasteiger partial charge on any atom is 0.148 e. The molecule has 0 radical (unpaired) electrons. The lowest BCUT2D eigenvalue weighted by atomic mass is 9.88. The van der Waals surface area contributed by atoms with Crippen LogP contribution in [0.3, 0.4) is 0 Å². The minimum Gasteiger partial charge on any atom is -0.345 e. The van der Waals surface area contributed by atoms with E-state index >= 15 is 0 Å². The molecule has 0 saturated heterocycles. The Balaban J connectivity index is 1.48. The smallest absolute Gasteiger partial charge is 0.148 e. The summed E-state index contributed by atoms with van der Waals surface area (Å²) >= 11 is 0. The van der Waals surface area contributed by atoms with Crippen molar-refractivity contribution in [2.75, 3.05) is 11.4 Å². The first-order valence-electron chi connectivity index (χ1n) is 10.8. The molecule has 3 aromatic carbocycles. The molecule has 0 bridgehead atoms. The van der Waals surface area contributed by atoms with E-state index < -0.39 is 0 Å². The molecule has 1 aliphatic rings. The summed E-state index contributed by atoms with van der Waals surface area (Å²) in [5.74, 6) is 0.329. The molecular weight excluding hydrogens is 378 g/mol. The summed E-state index contributed by atoms with van der Waals surface area (Å²) in [6.07, 6.45) is 6.67. The van der Waals surface area contributed by atoms with Gasteiger partial charge in [0.1, 0.15) is 6.17 Å². The van der Waals surface area contributed by atoms with Crippen LogP contribution in [0.1, 0.15) is 40.8 Å². The van der Waals surface area contributed by atoms with Gasteiger partial charge in [0.15, 0.2) is 0 Å². The van der Waals surface area contributed by atoms with Crippen LogP contribution in [0.2, 0.25) is 0 Å². The van der Waals surface area contributed by atoms with Gasteiger partial charge in [-0.1, -0.05) is 84.9 Å². The van der Waals surface area contributed by atoms with E-state index in [4.69, 9.17) is 4.99 Å². The minimum atomic E-state index is -0.0594. The third-order valence-electron chi connectivity index (χ3n) is 5.94. The molecule has 1 unspecified atom stereocenters. The number of benzene rings is 3. The fourth-order valence-electron chi connectivity index (χ4n) is 4.42. The minimum absolute atomic E-state index is 0.0594. The van der Waals surface area contributed by atoms with E-state index in [1.807, 2.05) is 24.7 Å². The Kier molecular flexibility index (Phi) is 5.57. The summed E-state index contributed by atoms with van der Waals surface area (Å²) < 4.78 is 0. The van der Waals surface area contributed by atoms with Gasteiger partial charge in [0, 0.05) is 47.9 Å². The number of hydrogen-bond acceptors (Lipinski definition) is 3. The summed E-state index contributed by atoms with van der Waals surface area (Å²) in [4.78, 5) is 11.7. The number of aliphatic imine (C=N–C) groups is 1. The van der Waals surface area contributed by atoms with E-state index in [1.165, 1.54) is 22.4 Å². The van der Waals surface area contributed by atoms with Gasteiger partial charge >= 0.3 is 0 Å². The van der Waals surface area contributed by atoms with Crippen molar-refractivity contribution in [1.29, 1.82) is 0 Å². The number of anilines is 1. The van der Waals surface area contributed by atoms with Gasteiger partial charge in [0.25, 0.3) is 0 Å². The van der Waals surface area contributed by atoms with Crippen LogP contribution >= 0.6 is 0 Å². The molecule has 3 nitrogen and oxygen atoms in total. The normalized spacial score (nSPS) is 15.1. The fraction of sp³-hybridized carbons (Fsp3) is 0.143. The molecule has 31 heavy (non-hydrogen) atoms. The molecule has 1 aliphatic heterocycles. The number of pyridine rings is 1. The molecule has 0 spiro atoms. The van der Waals surface area contributed by atoms with E-state index in [1.54, 1.807) is 0 Å². The highest BCUT2D eigenvalue weighted by molar-refractivity contribution is 5.90. The molecule has 3 heteroatoms. The standard InChI is InChI=1S/C28H25N3/c1-3-10-22(11-4-1)26(23-12-5-2-6-13-23)17-19-31-27-16-8-7-14-24(27)21-30-28(31)25-15-9-18-29-20-25/h1-16,18,20-21,26,28H,17,19H2. The molecule has 2 heterocycles. The second-order valence-corrected chi connectivity index (χ2v) is 7.85. The van der Waals surface area contributed by atoms with Crippen molar-refractivity contribution in [3.63, 3.8) is 0 Å². The topological polar surface area (TPSA) is 28.5 Å². The van der Waals surface area contributed by atoms with Gasteiger partial charge in [-0.2, -0.15) is 0 Å². The van der Waals surface area contributed by atoms with Crippen LogP contribution in [0.5, 0.6) is 0 Å². The van der Waals surface area contributed by atoms with E-state index in [0.29, 0.717) is 5.92 Å². The van der Waals surface area contributed by atoms with Crippen molar-refractivity contribution in [2.45, 2.75) is 18.5 Å². The maximum absolute atomic E-state index is 4.91. The SMILES string of the molecule is C1=NC(c2cccnc2)N(CCC(c2ccccc2)c2ccccc2)c2ccccc21. The number of rotatable bonds is 6. The molecule has 0 saturated carbocycles. The Morgan fingerprint density at radius 1 is 0.742 bits per heavy atom. The average Bonchev–Trinajstić information content (AvgIpc) is 2.86. The van der Waals surface area contributed by atoms with Crippen molar-refractivity contribution < 1.29 is 0 Å². The number of nitrogens with zero attached hydrogens (tertiary/aromatic N) is 3. The van der Waals surface area contributed by atoms with Gasteiger partial charge < -0.3 is 4.90 Å². The molecule has 0 fully saturated rings. The van der Waals surface area contributed by atoms with Crippen LogP contribution in [-0.4, -0.2) is 17.7 Å². The van der Waals surface area contributed by atoms with E-state index in [-0.39, 0.29) is 6.17 Å². The summed E-state index contributed by atoms with van der Waals surface area (Å²) in [7, 11) is 0. The predicted molar refractivity (Wildman–Crippen MR) is 128 cm³/mol. The molecule has 1 aromatic heterocycles. The Hall–Kier alpha value is -3.72. The highest BCUT2D eigenvalue weighted by Crippen LogP contribution is 2.36. The molecule has 0 amide bonds. The molecule has 5 rings (SSSR count). The quantitative estimate of drug-likeness (QED) is 0.381. The zero-order valence-corrected chi connectivity index (χ0v) is 17.4. The zero-order chi connectivity index (χ0) is 20.9. The van der Waals surface area contributed by atoms with Crippen LogP contribution in [0.25, 0.3) is 0 Å². The fourth-order valence-corrected chi connectivity index (χ4v) is 4.42. The van der Waals surface area contributed by atoms with Crippen LogP contribution in [-0.2, 0) is 0 Å². The Morgan fingerprint density at radius 3 is 2.10 bits per heavy atom.